The fourth-order valence-corrected chi connectivity index (χ4v) is 4.55. The van der Waals surface area contributed by atoms with E-state index in [0.29, 0.717) is 35.1 Å². The van der Waals surface area contributed by atoms with E-state index < -0.39 is 0 Å². The summed E-state index contributed by atoms with van der Waals surface area (Å²) in [6.07, 6.45) is 4.82. The number of hydrogen-bond acceptors (Lipinski definition) is 4. The van der Waals surface area contributed by atoms with Crippen LogP contribution in [0.4, 0.5) is 0 Å². The van der Waals surface area contributed by atoms with Gasteiger partial charge in [-0.25, -0.2) is 9.97 Å². The number of aryl methyl sites for hydroxylation is 1. The molecule has 34 heavy (non-hydrogen) atoms. The lowest BCUT2D eigenvalue weighted by Crippen LogP contribution is -2.29. The molecular weight excluding hydrogens is 562 g/mol. The predicted octanol–water partition coefficient (Wildman–Crippen LogP) is 4.85. The number of amides is 2. The summed E-state index contributed by atoms with van der Waals surface area (Å²) in [5.41, 5.74) is 4.41. The van der Waals surface area contributed by atoms with Gasteiger partial charge in [-0.15, -0.1) is 0 Å². The number of unbranched alkanes of at least 4 members (excludes halogenated alkanes) is 1. The minimum Gasteiger partial charge on any atom is -0.352 e. The first-order chi connectivity index (χ1) is 16.5. The van der Waals surface area contributed by atoms with E-state index in [1.807, 2.05) is 36.4 Å². The first-order valence-electron chi connectivity index (χ1n) is 11.0. The highest BCUT2D eigenvalue weighted by Crippen LogP contribution is 2.29. The first-order valence-corrected chi connectivity index (χ1v) is 13.3. The number of aromatic nitrogens is 3. The molecule has 0 saturated carbocycles. The van der Waals surface area contributed by atoms with Gasteiger partial charge in [-0.3, -0.25) is 9.59 Å². The maximum atomic E-state index is 13.4. The monoisotopic (exact) mass is 585 g/mol. The quantitative estimate of drug-likeness (QED) is 0.167. The molecule has 0 saturated heterocycles. The van der Waals surface area contributed by atoms with E-state index in [-0.39, 0.29) is 11.8 Å². The van der Waals surface area contributed by atoms with Crippen molar-refractivity contribution < 1.29 is 9.59 Å². The number of nitrogens with zero attached hydrogens (tertiary/aromatic N) is 3. The summed E-state index contributed by atoms with van der Waals surface area (Å²) >= 11 is 7.02. The Hall–Kier alpha value is -2.78. The van der Waals surface area contributed by atoms with Crippen LogP contribution in [-0.4, -0.2) is 39.4 Å². The van der Waals surface area contributed by atoms with Gasteiger partial charge in [-0.2, -0.15) is 0 Å². The topological polar surface area (TPSA) is 88.9 Å². The summed E-state index contributed by atoms with van der Waals surface area (Å²) in [6, 6.07) is 12.0. The van der Waals surface area contributed by atoms with Gasteiger partial charge in [-0.1, -0.05) is 44.0 Å². The normalized spacial score (nSPS) is 11.1. The highest BCUT2D eigenvalue weighted by atomic mass is 79.9. The van der Waals surface area contributed by atoms with Crippen molar-refractivity contribution in [3.8, 4) is 0 Å². The van der Waals surface area contributed by atoms with Crippen LogP contribution in [0.5, 0.6) is 0 Å². The third-order valence-corrected chi connectivity index (χ3v) is 6.93. The second-order valence-electron chi connectivity index (χ2n) is 8.04. The Morgan fingerprint density at radius 2 is 1.44 bits per heavy atom. The van der Waals surface area contributed by atoms with Crippen LogP contribution >= 0.6 is 31.9 Å². The summed E-state index contributed by atoms with van der Waals surface area (Å²) in [7, 11) is 1.78. The second-order valence-corrected chi connectivity index (χ2v) is 9.16. The van der Waals surface area contributed by atoms with Crippen molar-refractivity contribution in [1.82, 2.24) is 25.2 Å². The molecule has 0 fully saturated rings. The third kappa shape index (κ3) is 5.31. The molecule has 2 aromatic carbocycles. The molecule has 0 aliphatic heterocycles. The van der Waals surface area contributed by atoms with E-state index in [4.69, 9.17) is 4.98 Å². The number of carbonyl (C=O) groups excluding carboxylic acids is 2. The van der Waals surface area contributed by atoms with Gasteiger partial charge >= 0.3 is 0 Å². The number of carbonyl (C=O) groups is 2. The molecule has 0 bridgehead atoms. The molecule has 0 unspecified atom stereocenters. The van der Waals surface area contributed by atoms with Crippen LogP contribution in [-0.2, 0) is 17.7 Å². The Morgan fingerprint density at radius 3 is 1.94 bits per heavy atom. The maximum absolute atomic E-state index is 13.4. The lowest BCUT2D eigenvalue weighted by molar-refractivity contribution is 0.0932. The lowest BCUT2D eigenvalue weighted by Gasteiger charge is -2.13. The number of alkyl halides is 2. The summed E-state index contributed by atoms with van der Waals surface area (Å²) in [6.45, 7) is 1.03. The van der Waals surface area contributed by atoms with Gasteiger partial charge < -0.3 is 15.2 Å². The van der Waals surface area contributed by atoms with Gasteiger partial charge in [0, 0.05) is 54.0 Å². The highest BCUT2D eigenvalue weighted by Gasteiger charge is 2.17. The Morgan fingerprint density at radius 1 is 0.882 bits per heavy atom. The van der Waals surface area contributed by atoms with E-state index in [1.54, 1.807) is 24.0 Å². The molecule has 0 aliphatic carbocycles. The maximum Gasteiger partial charge on any atom is 0.287 e. The fraction of sp³-hybridized carbons (Fsp3) is 0.280. The van der Waals surface area contributed by atoms with Gasteiger partial charge in [0.25, 0.3) is 11.8 Å². The van der Waals surface area contributed by atoms with Gasteiger partial charge in [-0.05, 0) is 48.2 Å². The molecule has 0 aliphatic rings. The number of fused-ring (bicyclic) bond motifs is 2. The van der Waals surface area contributed by atoms with Gasteiger partial charge in [0.15, 0.2) is 5.82 Å². The van der Waals surface area contributed by atoms with Crippen LogP contribution in [0.25, 0.3) is 21.8 Å². The Kier molecular flexibility index (Phi) is 7.95. The molecule has 2 amide bonds. The predicted molar refractivity (Wildman–Crippen MR) is 142 cm³/mol. The van der Waals surface area contributed by atoms with Crippen LogP contribution < -0.4 is 10.6 Å². The van der Waals surface area contributed by atoms with Crippen molar-refractivity contribution >= 4 is 65.5 Å². The fourth-order valence-electron chi connectivity index (χ4n) is 3.85. The molecule has 0 spiro atoms. The molecule has 4 rings (SSSR count). The smallest absolute Gasteiger partial charge is 0.287 e. The van der Waals surface area contributed by atoms with Crippen LogP contribution in [0, 0.1) is 0 Å². The zero-order chi connectivity index (χ0) is 24.1. The van der Waals surface area contributed by atoms with Crippen LogP contribution in [0.3, 0.4) is 0 Å². The molecule has 4 aromatic rings. The summed E-state index contributed by atoms with van der Waals surface area (Å²) in [5.74, 6) is 0.0692. The van der Waals surface area contributed by atoms with E-state index in [1.165, 1.54) is 0 Å². The number of hydrogen-bond donors (Lipinski definition) is 2. The van der Waals surface area contributed by atoms with Gasteiger partial charge in [0.1, 0.15) is 0 Å². The first kappa shape index (κ1) is 24.3. The molecule has 9 heteroatoms. The van der Waals surface area contributed by atoms with Crippen molar-refractivity contribution in [3.63, 3.8) is 0 Å². The number of nitrogens with one attached hydrogen (secondary N) is 2. The Bertz CT molecular complexity index is 1290. The van der Waals surface area contributed by atoms with Gasteiger partial charge in [0.05, 0.1) is 16.6 Å². The largest absolute Gasteiger partial charge is 0.352 e. The van der Waals surface area contributed by atoms with Crippen molar-refractivity contribution in [2.24, 2.45) is 7.05 Å². The zero-order valence-electron chi connectivity index (χ0n) is 18.8. The minimum atomic E-state index is -0.198. The van der Waals surface area contributed by atoms with E-state index in [9.17, 15) is 9.59 Å². The molecule has 2 N–H and O–H groups in total. The molecule has 7 nitrogen and oxygen atoms in total. The molecule has 176 valence electrons. The zero-order valence-corrected chi connectivity index (χ0v) is 21.9. The summed E-state index contributed by atoms with van der Waals surface area (Å²) in [5, 5.41) is 9.02. The number of imidazole rings is 1. The van der Waals surface area contributed by atoms with Crippen LogP contribution in [0.15, 0.2) is 48.8 Å². The van der Waals surface area contributed by atoms with Crippen molar-refractivity contribution in [3.05, 3.63) is 71.3 Å². The third-order valence-electron chi connectivity index (χ3n) is 5.64. The molecule has 0 radical (unpaired) electrons. The molecule has 2 heterocycles. The Labute approximate surface area is 214 Å². The van der Waals surface area contributed by atoms with Crippen molar-refractivity contribution in [1.29, 1.82) is 0 Å². The standard InChI is InChI=1S/C25H25Br2N5O2/c1-32-11-10-28-23(32)25(34)30-9-3-2-8-29-24(33)22-18-12-16(14-26)4-6-20(18)31-21-7-5-17(15-27)13-19(21)22/h4-7,10-13H,2-3,8-9,14-15H2,1H3,(H,29,33)(H,30,34). The van der Waals surface area contributed by atoms with E-state index in [0.717, 1.165) is 45.8 Å². The molecule has 0 atom stereocenters. The van der Waals surface area contributed by atoms with Crippen molar-refractivity contribution in [2.45, 2.75) is 23.5 Å². The summed E-state index contributed by atoms with van der Waals surface area (Å²) < 4.78 is 1.68. The SMILES string of the molecule is Cn1ccnc1C(=O)NCCCCNC(=O)c1c2cc(CBr)ccc2nc2ccc(CBr)cc12. The van der Waals surface area contributed by atoms with E-state index >= 15 is 0 Å². The minimum absolute atomic E-state index is 0.118. The van der Waals surface area contributed by atoms with Gasteiger partial charge in [0.2, 0.25) is 0 Å². The van der Waals surface area contributed by atoms with Crippen LogP contribution in [0.2, 0.25) is 0 Å². The molecule has 2 aromatic heterocycles. The molecular formula is C25H25Br2N5O2. The van der Waals surface area contributed by atoms with Crippen molar-refractivity contribution in [2.75, 3.05) is 13.1 Å². The summed E-state index contributed by atoms with van der Waals surface area (Å²) in [4.78, 5) is 34.3. The lowest BCUT2D eigenvalue weighted by atomic mass is 9.99. The van der Waals surface area contributed by atoms with E-state index in [2.05, 4.69) is 47.5 Å². The highest BCUT2D eigenvalue weighted by molar-refractivity contribution is 9.08. The second kappa shape index (κ2) is 11.1. The number of halogens is 2. The van der Waals surface area contributed by atoms with Crippen LogP contribution in [0.1, 0.15) is 44.9 Å². The number of rotatable bonds is 9. The Balaban J connectivity index is 1.46. The number of benzene rings is 2. The number of pyridine rings is 1. The average molecular weight is 587 g/mol. The average Bonchev–Trinajstić information content (AvgIpc) is 3.29.